The van der Waals surface area contributed by atoms with Gasteiger partial charge in [0, 0.05) is 13.0 Å². The number of hydrogen-bond donors (Lipinski definition) is 3. The van der Waals surface area contributed by atoms with E-state index in [1.165, 1.54) is 6.07 Å². The second-order valence-electron chi connectivity index (χ2n) is 2.93. The van der Waals surface area contributed by atoms with Crippen LogP contribution in [0, 0.1) is 0 Å². The lowest BCUT2D eigenvalue weighted by molar-refractivity contribution is 0.317. The van der Waals surface area contributed by atoms with E-state index in [1.807, 2.05) is 0 Å². The van der Waals surface area contributed by atoms with Gasteiger partial charge in [-0.05, 0) is 6.07 Å². The van der Waals surface area contributed by atoms with Gasteiger partial charge in [-0.2, -0.15) is 0 Å². The van der Waals surface area contributed by atoms with Gasteiger partial charge in [-0.3, -0.25) is 0 Å². The van der Waals surface area contributed by atoms with E-state index in [2.05, 4.69) is 9.88 Å². The lowest BCUT2D eigenvalue weighted by Crippen LogP contribution is -2.28. The van der Waals surface area contributed by atoms with Gasteiger partial charge in [0.05, 0.1) is 4.34 Å². The van der Waals surface area contributed by atoms with Crippen molar-refractivity contribution < 1.29 is 13.6 Å². The third kappa shape index (κ3) is 4.00. The molecule has 6 nitrogen and oxygen atoms in total. The SMILES string of the molecule is NC(CCNS(=O)(=O)c1cc(Cl)sc1Cl)=NO. The summed E-state index contributed by atoms with van der Waals surface area (Å²) in [6, 6.07) is 1.26. The number of nitrogens with zero attached hydrogens (tertiary/aromatic N) is 1. The summed E-state index contributed by atoms with van der Waals surface area (Å²) in [5.41, 5.74) is 5.20. The predicted octanol–water partition coefficient (Wildman–Crippen LogP) is 1.47. The molecule has 1 rings (SSSR count). The molecule has 0 radical (unpaired) electrons. The number of nitrogens with one attached hydrogen (secondary N) is 1. The summed E-state index contributed by atoms with van der Waals surface area (Å²) < 4.78 is 26.1. The summed E-state index contributed by atoms with van der Waals surface area (Å²) in [7, 11) is -3.72. The molecule has 10 heteroatoms. The zero-order chi connectivity index (χ0) is 13.1. The largest absolute Gasteiger partial charge is 0.409 e. The Morgan fingerprint density at radius 2 is 2.24 bits per heavy atom. The highest BCUT2D eigenvalue weighted by Crippen LogP contribution is 2.33. The van der Waals surface area contributed by atoms with Crippen LogP contribution in [0.1, 0.15) is 6.42 Å². The van der Waals surface area contributed by atoms with Crippen LogP contribution in [0.5, 0.6) is 0 Å². The first-order valence-corrected chi connectivity index (χ1v) is 7.33. The minimum Gasteiger partial charge on any atom is -0.409 e. The summed E-state index contributed by atoms with van der Waals surface area (Å²) >= 11 is 12.3. The van der Waals surface area contributed by atoms with Crippen LogP contribution in [-0.2, 0) is 10.0 Å². The maximum atomic E-state index is 11.7. The second kappa shape index (κ2) is 5.87. The molecular weight excluding hydrogens is 309 g/mol. The molecule has 96 valence electrons. The Bertz CT molecular complexity index is 526. The van der Waals surface area contributed by atoms with Crippen molar-refractivity contribution >= 4 is 50.4 Å². The van der Waals surface area contributed by atoms with Crippen LogP contribution in [0.25, 0.3) is 0 Å². The second-order valence-corrected chi connectivity index (χ2v) is 6.95. The van der Waals surface area contributed by atoms with Crippen LogP contribution in [0.2, 0.25) is 8.67 Å². The van der Waals surface area contributed by atoms with Crippen LogP contribution in [0.4, 0.5) is 0 Å². The third-order valence-corrected chi connectivity index (χ3v) is 4.93. The van der Waals surface area contributed by atoms with Gasteiger partial charge in [0.1, 0.15) is 15.1 Å². The molecule has 0 bridgehead atoms. The molecule has 4 N–H and O–H groups in total. The highest BCUT2D eigenvalue weighted by atomic mass is 35.5. The molecule has 0 aliphatic rings. The van der Waals surface area contributed by atoms with E-state index in [0.717, 1.165) is 11.3 Å². The fourth-order valence-electron chi connectivity index (χ4n) is 0.950. The molecule has 0 atom stereocenters. The van der Waals surface area contributed by atoms with Gasteiger partial charge in [-0.25, -0.2) is 13.1 Å². The summed E-state index contributed by atoms with van der Waals surface area (Å²) in [4.78, 5) is -0.0753. The Kier molecular flexibility index (Phi) is 5.02. The molecule has 0 fully saturated rings. The third-order valence-electron chi connectivity index (χ3n) is 1.72. The molecule has 1 aromatic heterocycles. The van der Waals surface area contributed by atoms with Gasteiger partial charge in [0.15, 0.2) is 0 Å². The Hall–Kier alpha value is -0.540. The van der Waals surface area contributed by atoms with Crippen LogP contribution in [0.15, 0.2) is 16.1 Å². The fourth-order valence-corrected chi connectivity index (χ4v) is 4.13. The van der Waals surface area contributed by atoms with Crippen molar-refractivity contribution in [2.75, 3.05) is 6.54 Å². The number of hydrogen-bond acceptors (Lipinski definition) is 5. The van der Waals surface area contributed by atoms with Crippen molar-refractivity contribution in [3.8, 4) is 0 Å². The van der Waals surface area contributed by atoms with E-state index in [4.69, 9.17) is 34.1 Å². The van der Waals surface area contributed by atoms with Crippen molar-refractivity contribution in [1.82, 2.24) is 4.72 Å². The van der Waals surface area contributed by atoms with Crippen LogP contribution < -0.4 is 10.5 Å². The Morgan fingerprint density at radius 3 is 2.71 bits per heavy atom. The zero-order valence-electron chi connectivity index (χ0n) is 8.35. The van der Waals surface area contributed by atoms with Gasteiger partial charge in [0.25, 0.3) is 0 Å². The molecule has 0 saturated carbocycles. The van der Waals surface area contributed by atoms with Crippen molar-refractivity contribution in [2.45, 2.75) is 11.3 Å². The lowest BCUT2D eigenvalue weighted by atomic mass is 10.4. The summed E-state index contributed by atoms with van der Waals surface area (Å²) in [6.45, 7) is 0.00201. The highest BCUT2D eigenvalue weighted by Gasteiger charge is 2.20. The van der Waals surface area contributed by atoms with Crippen molar-refractivity contribution in [2.24, 2.45) is 10.9 Å². The van der Waals surface area contributed by atoms with Crippen molar-refractivity contribution in [3.05, 3.63) is 14.7 Å². The number of nitrogens with two attached hydrogens (primary N) is 1. The summed E-state index contributed by atoms with van der Waals surface area (Å²) in [5.74, 6) is -0.0675. The molecule has 0 spiro atoms. The van der Waals surface area contributed by atoms with E-state index < -0.39 is 10.0 Å². The highest BCUT2D eigenvalue weighted by molar-refractivity contribution is 7.89. The van der Waals surface area contributed by atoms with Crippen molar-refractivity contribution in [3.63, 3.8) is 0 Å². The maximum Gasteiger partial charge on any atom is 0.242 e. The molecular formula is C7H9Cl2N3O3S2. The average molecular weight is 318 g/mol. The van der Waals surface area contributed by atoms with Gasteiger partial charge in [0.2, 0.25) is 10.0 Å². The maximum absolute atomic E-state index is 11.7. The van der Waals surface area contributed by atoms with E-state index in [-0.39, 0.29) is 32.4 Å². The number of thiophene rings is 1. The average Bonchev–Trinajstić information content (AvgIpc) is 2.58. The normalized spacial score (nSPS) is 12.9. The summed E-state index contributed by atoms with van der Waals surface area (Å²) in [5, 5.41) is 11.0. The van der Waals surface area contributed by atoms with Gasteiger partial charge in [-0.15, -0.1) is 11.3 Å². The Balaban J connectivity index is 2.73. The van der Waals surface area contributed by atoms with E-state index in [1.54, 1.807) is 0 Å². The number of oxime groups is 1. The number of sulfonamides is 1. The molecule has 0 unspecified atom stereocenters. The molecule has 0 saturated heterocycles. The molecule has 0 aromatic carbocycles. The van der Waals surface area contributed by atoms with Gasteiger partial charge >= 0.3 is 0 Å². The minimum atomic E-state index is -3.72. The molecule has 1 aromatic rings. The Morgan fingerprint density at radius 1 is 1.59 bits per heavy atom. The lowest BCUT2D eigenvalue weighted by Gasteiger charge is -2.04. The molecule has 0 aliphatic heterocycles. The molecule has 1 heterocycles. The monoisotopic (exact) mass is 317 g/mol. The van der Waals surface area contributed by atoms with E-state index >= 15 is 0 Å². The smallest absolute Gasteiger partial charge is 0.242 e. The summed E-state index contributed by atoms with van der Waals surface area (Å²) in [6.07, 6.45) is 0.0885. The fraction of sp³-hybridized carbons (Fsp3) is 0.286. The van der Waals surface area contributed by atoms with Crippen LogP contribution in [-0.4, -0.2) is 26.0 Å². The zero-order valence-corrected chi connectivity index (χ0v) is 11.5. The molecule has 0 aliphatic carbocycles. The predicted molar refractivity (Wildman–Crippen MR) is 67.6 cm³/mol. The number of halogens is 2. The standard InChI is InChI=1S/C7H9Cl2N3O3S2/c8-5-3-4(7(9)16-5)17(14,15)11-2-1-6(10)12-13/h3,11,13H,1-2H2,(H2,10,12). The van der Waals surface area contributed by atoms with E-state index in [0.29, 0.717) is 0 Å². The van der Waals surface area contributed by atoms with Crippen LogP contribution in [0.3, 0.4) is 0 Å². The van der Waals surface area contributed by atoms with Crippen LogP contribution >= 0.6 is 34.5 Å². The molecule has 0 amide bonds. The topological polar surface area (TPSA) is 105 Å². The minimum absolute atomic E-state index is 0.00201. The van der Waals surface area contributed by atoms with Crippen molar-refractivity contribution in [1.29, 1.82) is 0 Å². The van der Waals surface area contributed by atoms with Gasteiger partial charge < -0.3 is 10.9 Å². The first-order valence-electron chi connectivity index (χ1n) is 4.27. The number of amidine groups is 1. The Labute approximate surface area is 112 Å². The quantitative estimate of drug-likeness (QED) is 0.331. The van der Waals surface area contributed by atoms with E-state index in [9.17, 15) is 8.42 Å². The first-order chi connectivity index (χ1) is 7.86. The first kappa shape index (κ1) is 14.5. The number of rotatable bonds is 5. The molecule has 17 heavy (non-hydrogen) atoms. The van der Waals surface area contributed by atoms with Gasteiger partial charge in [-0.1, -0.05) is 28.4 Å².